The van der Waals surface area contributed by atoms with Gasteiger partial charge in [-0.2, -0.15) is 0 Å². The van der Waals surface area contributed by atoms with Crippen molar-refractivity contribution in [3.8, 4) is 0 Å². The third-order valence-electron chi connectivity index (χ3n) is 2.65. The average molecular weight is 220 g/mol. The maximum Gasteiger partial charge on any atom is 0.204 e. The molecule has 88 valence electrons. The minimum Gasteiger partial charge on any atom is -0.356 e. The summed E-state index contributed by atoms with van der Waals surface area (Å²) in [6.45, 7) is 8.45. The molecule has 16 heavy (non-hydrogen) atoms. The van der Waals surface area contributed by atoms with Crippen LogP contribution in [0.4, 0.5) is 5.95 Å². The fourth-order valence-electron chi connectivity index (χ4n) is 2.01. The summed E-state index contributed by atoms with van der Waals surface area (Å²) in [5.74, 6) is 0.859. The van der Waals surface area contributed by atoms with E-state index in [0.29, 0.717) is 5.49 Å². The molecule has 0 aliphatic carbocycles. The Bertz CT molecular complexity index is 439. The topological polar surface area (TPSA) is 53.7 Å². The lowest BCUT2D eigenvalue weighted by Crippen LogP contribution is -2.31. The molecule has 1 aromatic rings. The molecule has 0 saturated heterocycles. The van der Waals surface area contributed by atoms with E-state index in [9.17, 15) is 0 Å². The van der Waals surface area contributed by atoms with Crippen LogP contribution in [0.3, 0.4) is 0 Å². The molecule has 0 aromatic carbocycles. The first-order chi connectivity index (χ1) is 7.46. The number of fused-ring (bicyclic) bond motifs is 1. The standard InChI is InChI=1S/C12H20N4/c1-12(2,3)8-9-7-10(13)16-6-4-5-14-11(16)15-9/h7,13H,4-6,8H2,1-3H3,(H,14,15). The Morgan fingerprint density at radius 1 is 1.50 bits per heavy atom. The van der Waals surface area contributed by atoms with E-state index in [0.717, 1.165) is 37.6 Å². The second kappa shape index (κ2) is 3.92. The van der Waals surface area contributed by atoms with Crippen molar-refractivity contribution >= 4 is 5.95 Å². The molecule has 1 aliphatic rings. The van der Waals surface area contributed by atoms with E-state index in [-0.39, 0.29) is 5.41 Å². The highest BCUT2D eigenvalue weighted by Gasteiger charge is 2.15. The van der Waals surface area contributed by atoms with E-state index in [4.69, 9.17) is 5.41 Å². The number of rotatable bonds is 1. The van der Waals surface area contributed by atoms with Gasteiger partial charge in [0.05, 0.1) is 0 Å². The lowest BCUT2D eigenvalue weighted by molar-refractivity contribution is 0.404. The number of anilines is 1. The molecule has 1 aliphatic heterocycles. The van der Waals surface area contributed by atoms with Crippen molar-refractivity contribution in [1.29, 1.82) is 5.41 Å². The Hall–Kier alpha value is -1.32. The third kappa shape index (κ3) is 2.43. The van der Waals surface area contributed by atoms with Crippen LogP contribution in [0, 0.1) is 10.8 Å². The van der Waals surface area contributed by atoms with E-state index >= 15 is 0 Å². The summed E-state index contributed by atoms with van der Waals surface area (Å²) in [5.41, 5.74) is 1.79. The van der Waals surface area contributed by atoms with Gasteiger partial charge in [-0.1, -0.05) is 20.8 Å². The highest BCUT2D eigenvalue weighted by Crippen LogP contribution is 2.19. The van der Waals surface area contributed by atoms with Crippen molar-refractivity contribution in [2.24, 2.45) is 5.41 Å². The molecule has 0 radical (unpaired) electrons. The van der Waals surface area contributed by atoms with Crippen LogP contribution in [-0.4, -0.2) is 16.1 Å². The van der Waals surface area contributed by atoms with Crippen molar-refractivity contribution in [2.75, 3.05) is 11.9 Å². The number of hydrogen-bond donors (Lipinski definition) is 2. The Morgan fingerprint density at radius 3 is 2.94 bits per heavy atom. The number of hydrogen-bond acceptors (Lipinski definition) is 3. The summed E-state index contributed by atoms with van der Waals surface area (Å²) in [5, 5.41) is 11.2. The Labute approximate surface area is 96.2 Å². The van der Waals surface area contributed by atoms with Crippen molar-refractivity contribution < 1.29 is 0 Å². The van der Waals surface area contributed by atoms with Crippen LogP contribution in [0.2, 0.25) is 0 Å². The molecule has 2 rings (SSSR count). The molecule has 0 saturated carbocycles. The first-order valence-corrected chi connectivity index (χ1v) is 5.85. The quantitative estimate of drug-likeness (QED) is 0.758. The summed E-state index contributed by atoms with van der Waals surface area (Å²) in [6, 6.07) is 1.89. The minimum absolute atomic E-state index is 0.215. The fourth-order valence-corrected chi connectivity index (χ4v) is 2.01. The van der Waals surface area contributed by atoms with Crippen LogP contribution in [0.5, 0.6) is 0 Å². The van der Waals surface area contributed by atoms with Gasteiger partial charge in [0.15, 0.2) is 0 Å². The monoisotopic (exact) mass is 220 g/mol. The maximum absolute atomic E-state index is 7.98. The van der Waals surface area contributed by atoms with Gasteiger partial charge in [-0.15, -0.1) is 0 Å². The lowest BCUT2D eigenvalue weighted by Gasteiger charge is -2.22. The zero-order chi connectivity index (χ0) is 11.8. The molecule has 4 heteroatoms. The SMILES string of the molecule is CC(C)(C)Cc1cc(=N)n2c(n1)NCCC2. The van der Waals surface area contributed by atoms with Gasteiger partial charge < -0.3 is 5.32 Å². The number of nitrogens with zero attached hydrogens (tertiary/aromatic N) is 2. The highest BCUT2D eigenvalue weighted by atomic mass is 15.2. The van der Waals surface area contributed by atoms with Gasteiger partial charge in [-0.05, 0) is 18.3 Å². The van der Waals surface area contributed by atoms with Gasteiger partial charge in [0.2, 0.25) is 5.95 Å². The summed E-state index contributed by atoms with van der Waals surface area (Å²) < 4.78 is 1.94. The first-order valence-electron chi connectivity index (χ1n) is 5.85. The smallest absolute Gasteiger partial charge is 0.204 e. The largest absolute Gasteiger partial charge is 0.356 e. The Balaban J connectivity index is 2.36. The van der Waals surface area contributed by atoms with E-state index in [2.05, 4.69) is 31.1 Å². The van der Waals surface area contributed by atoms with Crippen LogP contribution in [0.1, 0.15) is 32.9 Å². The predicted octanol–water partition coefficient (Wildman–Crippen LogP) is 1.77. The summed E-state index contributed by atoms with van der Waals surface area (Å²) in [6.07, 6.45) is 1.98. The third-order valence-corrected chi connectivity index (χ3v) is 2.65. The van der Waals surface area contributed by atoms with E-state index < -0.39 is 0 Å². The fraction of sp³-hybridized carbons (Fsp3) is 0.667. The summed E-state index contributed by atoms with van der Waals surface area (Å²) >= 11 is 0. The Morgan fingerprint density at radius 2 is 2.25 bits per heavy atom. The lowest BCUT2D eigenvalue weighted by atomic mass is 9.90. The Kier molecular flexibility index (Phi) is 2.74. The maximum atomic E-state index is 7.98. The molecule has 1 aromatic heterocycles. The van der Waals surface area contributed by atoms with Crippen molar-refractivity contribution in [2.45, 2.75) is 40.2 Å². The zero-order valence-corrected chi connectivity index (χ0v) is 10.3. The van der Waals surface area contributed by atoms with E-state index in [1.54, 1.807) is 0 Å². The zero-order valence-electron chi connectivity index (χ0n) is 10.3. The van der Waals surface area contributed by atoms with Crippen molar-refractivity contribution in [1.82, 2.24) is 9.55 Å². The second-order valence-electron chi connectivity index (χ2n) is 5.63. The first kappa shape index (κ1) is 11.2. The molecule has 0 fully saturated rings. The van der Waals surface area contributed by atoms with Gasteiger partial charge in [-0.3, -0.25) is 9.98 Å². The van der Waals surface area contributed by atoms with Crippen LogP contribution in [-0.2, 0) is 13.0 Å². The van der Waals surface area contributed by atoms with Crippen LogP contribution in [0.15, 0.2) is 6.07 Å². The summed E-state index contributed by atoms with van der Waals surface area (Å²) in [4.78, 5) is 4.59. The van der Waals surface area contributed by atoms with Crippen molar-refractivity contribution in [3.05, 3.63) is 17.2 Å². The second-order valence-corrected chi connectivity index (χ2v) is 5.63. The van der Waals surface area contributed by atoms with Crippen LogP contribution in [0.25, 0.3) is 0 Å². The summed E-state index contributed by atoms with van der Waals surface area (Å²) in [7, 11) is 0. The molecule has 0 spiro atoms. The van der Waals surface area contributed by atoms with E-state index in [1.165, 1.54) is 0 Å². The van der Waals surface area contributed by atoms with E-state index in [1.807, 2.05) is 10.6 Å². The van der Waals surface area contributed by atoms with Gasteiger partial charge in [0, 0.05) is 24.8 Å². The van der Waals surface area contributed by atoms with Crippen LogP contribution < -0.4 is 10.8 Å². The number of aromatic nitrogens is 2. The molecule has 4 nitrogen and oxygen atoms in total. The molecule has 0 amide bonds. The molecule has 0 unspecified atom stereocenters. The minimum atomic E-state index is 0.215. The molecular formula is C12H20N4. The molecule has 0 bridgehead atoms. The molecule has 0 atom stereocenters. The number of nitrogens with one attached hydrogen (secondary N) is 2. The normalized spacial score (nSPS) is 15.4. The van der Waals surface area contributed by atoms with Gasteiger partial charge in [0.1, 0.15) is 5.49 Å². The predicted molar refractivity (Wildman–Crippen MR) is 64.3 cm³/mol. The highest BCUT2D eigenvalue weighted by molar-refractivity contribution is 5.29. The molecule has 2 N–H and O–H groups in total. The van der Waals surface area contributed by atoms with Gasteiger partial charge in [0.25, 0.3) is 0 Å². The van der Waals surface area contributed by atoms with Crippen LogP contribution >= 0.6 is 0 Å². The van der Waals surface area contributed by atoms with Gasteiger partial charge in [-0.25, -0.2) is 4.98 Å². The molecular weight excluding hydrogens is 200 g/mol. The average Bonchev–Trinajstić information content (AvgIpc) is 2.15. The van der Waals surface area contributed by atoms with Crippen molar-refractivity contribution in [3.63, 3.8) is 0 Å². The molecule has 2 heterocycles. The van der Waals surface area contributed by atoms with Gasteiger partial charge >= 0.3 is 0 Å².